The molecule has 0 aromatic heterocycles. The van der Waals surface area contributed by atoms with Gasteiger partial charge in [-0.1, -0.05) is 23.8 Å². The van der Waals surface area contributed by atoms with Gasteiger partial charge in [-0.15, -0.1) is 0 Å². The van der Waals surface area contributed by atoms with Crippen LogP contribution in [0.15, 0.2) is 47.1 Å². The van der Waals surface area contributed by atoms with Crippen LogP contribution in [0, 0.1) is 0 Å². The molecule has 1 rings (SSSR count). The molecule has 1 aromatic carbocycles. The third-order valence-electron chi connectivity index (χ3n) is 1.78. The van der Waals surface area contributed by atoms with Crippen molar-refractivity contribution in [1.29, 1.82) is 0 Å². The molecule has 2 nitrogen and oxygen atoms in total. The highest BCUT2D eigenvalue weighted by molar-refractivity contribution is 5.73. The molecule has 0 heterocycles. The van der Waals surface area contributed by atoms with Crippen LogP contribution in [-0.4, -0.2) is 13.3 Å². The Hall–Kier alpha value is -1.57. The molecule has 14 heavy (non-hydrogen) atoms. The van der Waals surface area contributed by atoms with Gasteiger partial charge >= 0.3 is 0 Å². The Morgan fingerprint density at radius 2 is 1.86 bits per heavy atom. The molecule has 0 saturated carbocycles. The summed E-state index contributed by atoms with van der Waals surface area (Å²) in [5.74, 6) is 0. The second-order valence-corrected chi connectivity index (χ2v) is 3.37. The quantitative estimate of drug-likeness (QED) is 0.525. The second kappa shape index (κ2) is 5.22. The number of nitrogens with zero attached hydrogens (tertiary/aromatic N) is 2. The van der Waals surface area contributed by atoms with Gasteiger partial charge in [0, 0.05) is 13.3 Å². The van der Waals surface area contributed by atoms with E-state index >= 15 is 0 Å². The molecule has 0 aliphatic rings. The number of rotatable bonds is 3. The molecule has 0 N–H and O–H groups in total. The smallest absolute Gasteiger partial charge is 0.0590 e. The highest BCUT2D eigenvalue weighted by atomic mass is 15.4. The number of anilines is 1. The fourth-order valence-electron chi connectivity index (χ4n) is 0.993. The summed E-state index contributed by atoms with van der Waals surface area (Å²) in [6, 6.07) is 10.1. The van der Waals surface area contributed by atoms with Gasteiger partial charge in [0.1, 0.15) is 0 Å². The molecule has 0 spiro atoms. The largest absolute Gasteiger partial charge is 0.269 e. The maximum absolute atomic E-state index is 4.27. The first-order chi connectivity index (χ1) is 6.70. The van der Waals surface area contributed by atoms with Gasteiger partial charge in [0.2, 0.25) is 0 Å². The van der Waals surface area contributed by atoms with E-state index in [1.165, 1.54) is 5.57 Å². The molecule has 0 radical (unpaired) electrons. The van der Waals surface area contributed by atoms with E-state index in [9.17, 15) is 0 Å². The van der Waals surface area contributed by atoms with Gasteiger partial charge in [0.15, 0.2) is 0 Å². The van der Waals surface area contributed by atoms with Crippen molar-refractivity contribution in [3.05, 3.63) is 42.0 Å². The van der Waals surface area contributed by atoms with Gasteiger partial charge in [-0.3, -0.25) is 5.01 Å². The molecular weight excluding hydrogens is 172 g/mol. The molecule has 0 atom stereocenters. The molecule has 1 aromatic rings. The lowest BCUT2D eigenvalue weighted by atomic mass is 10.3. The van der Waals surface area contributed by atoms with E-state index < -0.39 is 0 Å². The average molecular weight is 188 g/mol. The maximum atomic E-state index is 4.27. The Kier molecular flexibility index (Phi) is 3.92. The number of allylic oxidation sites excluding steroid dienone is 2. The van der Waals surface area contributed by atoms with Crippen molar-refractivity contribution in [2.24, 2.45) is 5.10 Å². The Morgan fingerprint density at radius 3 is 2.43 bits per heavy atom. The van der Waals surface area contributed by atoms with Crippen LogP contribution in [0.2, 0.25) is 0 Å². The minimum atomic E-state index is 1.09. The summed E-state index contributed by atoms with van der Waals surface area (Å²) in [4.78, 5) is 0. The second-order valence-electron chi connectivity index (χ2n) is 3.37. The van der Waals surface area contributed by atoms with Gasteiger partial charge in [0.05, 0.1) is 5.69 Å². The fourth-order valence-corrected chi connectivity index (χ4v) is 0.993. The number of hydrazone groups is 1. The Morgan fingerprint density at radius 1 is 1.21 bits per heavy atom. The van der Waals surface area contributed by atoms with Crippen molar-refractivity contribution in [2.75, 3.05) is 12.1 Å². The van der Waals surface area contributed by atoms with Gasteiger partial charge in [-0.25, -0.2) is 0 Å². The van der Waals surface area contributed by atoms with E-state index in [-0.39, 0.29) is 0 Å². The summed E-state index contributed by atoms with van der Waals surface area (Å²) in [6.07, 6.45) is 3.79. The monoisotopic (exact) mass is 188 g/mol. The minimum absolute atomic E-state index is 1.09. The van der Waals surface area contributed by atoms with Crippen molar-refractivity contribution >= 4 is 11.9 Å². The molecule has 0 unspecified atom stereocenters. The van der Waals surface area contributed by atoms with E-state index in [0.717, 1.165) is 5.69 Å². The number of hydrogen-bond donors (Lipinski definition) is 0. The van der Waals surface area contributed by atoms with Crippen LogP contribution in [0.5, 0.6) is 0 Å². The Bertz CT molecular complexity index is 321. The summed E-state index contributed by atoms with van der Waals surface area (Å²) in [5.41, 5.74) is 2.33. The molecule has 0 aliphatic carbocycles. The van der Waals surface area contributed by atoms with Crippen LogP contribution in [0.25, 0.3) is 0 Å². The summed E-state index contributed by atoms with van der Waals surface area (Å²) in [7, 11) is 1.94. The molecule has 0 aliphatic heterocycles. The molecule has 74 valence electrons. The minimum Gasteiger partial charge on any atom is -0.269 e. The highest BCUT2D eigenvalue weighted by Crippen LogP contribution is 2.10. The van der Waals surface area contributed by atoms with Crippen LogP contribution in [-0.2, 0) is 0 Å². The van der Waals surface area contributed by atoms with E-state index in [2.05, 4.69) is 18.9 Å². The van der Waals surface area contributed by atoms with Crippen molar-refractivity contribution in [2.45, 2.75) is 13.8 Å². The van der Waals surface area contributed by atoms with Crippen LogP contribution in [0.1, 0.15) is 13.8 Å². The maximum Gasteiger partial charge on any atom is 0.0590 e. The van der Waals surface area contributed by atoms with Gasteiger partial charge < -0.3 is 0 Å². The summed E-state index contributed by atoms with van der Waals surface area (Å²) in [5, 5.41) is 6.11. The van der Waals surface area contributed by atoms with Crippen molar-refractivity contribution in [1.82, 2.24) is 0 Å². The molecular formula is C12H16N2. The molecule has 0 bridgehead atoms. The number of hydrogen-bond acceptors (Lipinski definition) is 2. The lowest BCUT2D eigenvalue weighted by Gasteiger charge is -2.11. The third kappa shape index (κ3) is 3.44. The molecule has 0 amide bonds. The summed E-state index contributed by atoms with van der Waals surface area (Å²) >= 11 is 0. The predicted octanol–water partition coefficient (Wildman–Crippen LogP) is 3.07. The lowest BCUT2D eigenvalue weighted by molar-refractivity contribution is 1.02. The van der Waals surface area contributed by atoms with Gasteiger partial charge in [-0.05, 0) is 32.1 Å². The molecule has 0 saturated heterocycles. The summed E-state index contributed by atoms with van der Waals surface area (Å²) < 4.78 is 0. The summed E-state index contributed by atoms with van der Waals surface area (Å²) in [6.45, 7) is 4.10. The zero-order valence-corrected chi connectivity index (χ0v) is 8.94. The van der Waals surface area contributed by atoms with E-state index in [0.29, 0.717) is 0 Å². The molecule has 2 heteroatoms. The van der Waals surface area contributed by atoms with Crippen LogP contribution in [0.3, 0.4) is 0 Å². The first-order valence-corrected chi connectivity index (χ1v) is 4.66. The van der Waals surface area contributed by atoms with E-state index in [1.54, 1.807) is 0 Å². The third-order valence-corrected chi connectivity index (χ3v) is 1.78. The van der Waals surface area contributed by atoms with Gasteiger partial charge in [-0.2, -0.15) is 5.10 Å². The SMILES string of the molecule is CC(C)=CC=NN(C)c1ccccc1. The van der Waals surface area contributed by atoms with E-state index in [4.69, 9.17) is 0 Å². The Balaban J connectivity index is 2.64. The topological polar surface area (TPSA) is 15.6 Å². The van der Waals surface area contributed by atoms with Crippen LogP contribution < -0.4 is 5.01 Å². The van der Waals surface area contributed by atoms with E-state index in [1.807, 2.05) is 54.7 Å². The first-order valence-electron chi connectivity index (χ1n) is 4.66. The normalized spacial score (nSPS) is 10.2. The van der Waals surface area contributed by atoms with Crippen LogP contribution in [0.4, 0.5) is 5.69 Å². The standard InChI is InChI=1S/C12H16N2/c1-11(2)9-10-13-14(3)12-7-5-4-6-8-12/h4-10H,1-3H3. The van der Waals surface area contributed by atoms with Gasteiger partial charge in [0.25, 0.3) is 0 Å². The lowest BCUT2D eigenvalue weighted by Crippen LogP contribution is -2.07. The number of benzene rings is 1. The predicted molar refractivity (Wildman–Crippen MR) is 62.8 cm³/mol. The van der Waals surface area contributed by atoms with Crippen molar-refractivity contribution in [3.63, 3.8) is 0 Å². The van der Waals surface area contributed by atoms with Crippen LogP contribution >= 0.6 is 0 Å². The number of para-hydroxylation sites is 1. The first kappa shape index (κ1) is 10.5. The zero-order valence-electron chi connectivity index (χ0n) is 8.94. The molecule has 0 fully saturated rings. The average Bonchev–Trinajstić information content (AvgIpc) is 2.18. The van der Waals surface area contributed by atoms with Crippen molar-refractivity contribution in [3.8, 4) is 0 Å². The fraction of sp³-hybridized carbons (Fsp3) is 0.250. The Labute approximate surface area is 85.6 Å². The highest BCUT2D eigenvalue weighted by Gasteiger charge is 1.93. The zero-order chi connectivity index (χ0) is 10.4. The van der Waals surface area contributed by atoms with Crippen molar-refractivity contribution < 1.29 is 0 Å².